The van der Waals surface area contributed by atoms with Gasteiger partial charge < -0.3 is 15.8 Å². The maximum atomic E-state index is 10.6. The van der Waals surface area contributed by atoms with E-state index in [1.165, 1.54) is 0 Å². The SMILES string of the molecule is NC(=O)COc1ccc(NCc2cc(Cl)ccc2Br)cc1. The van der Waals surface area contributed by atoms with Crippen molar-refractivity contribution < 1.29 is 9.53 Å². The van der Waals surface area contributed by atoms with Crippen molar-refractivity contribution in [1.29, 1.82) is 0 Å². The molecule has 0 spiro atoms. The maximum absolute atomic E-state index is 10.6. The molecule has 0 bridgehead atoms. The molecule has 2 aromatic rings. The first kappa shape index (κ1) is 15.7. The number of amides is 1. The van der Waals surface area contributed by atoms with Crippen LogP contribution in [0, 0.1) is 0 Å². The van der Waals surface area contributed by atoms with Crippen LogP contribution in [0.1, 0.15) is 5.56 Å². The Morgan fingerprint density at radius 3 is 2.62 bits per heavy atom. The molecule has 0 atom stereocenters. The first-order chi connectivity index (χ1) is 10.0. The van der Waals surface area contributed by atoms with Crippen molar-refractivity contribution in [2.24, 2.45) is 5.73 Å². The average molecular weight is 370 g/mol. The van der Waals surface area contributed by atoms with E-state index in [4.69, 9.17) is 22.1 Å². The summed E-state index contributed by atoms with van der Waals surface area (Å²) < 4.78 is 6.19. The van der Waals surface area contributed by atoms with Gasteiger partial charge in [-0.1, -0.05) is 27.5 Å². The Morgan fingerprint density at radius 2 is 1.95 bits per heavy atom. The van der Waals surface area contributed by atoms with Gasteiger partial charge in [0.1, 0.15) is 5.75 Å². The van der Waals surface area contributed by atoms with Crippen molar-refractivity contribution in [2.75, 3.05) is 11.9 Å². The molecule has 0 aliphatic carbocycles. The van der Waals surface area contributed by atoms with Crippen LogP contribution in [0.4, 0.5) is 5.69 Å². The Balaban J connectivity index is 1.94. The third kappa shape index (κ3) is 4.95. The smallest absolute Gasteiger partial charge is 0.255 e. The first-order valence-corrected chi connectivity index (χ1v) is 7.40. The largest absolute Gasteiger partial charge is 0.484 e. The highest BCUT2D eigenvalue weighted by Gasteiger charge is 2.02. The lowest BCUT2D eigenvalue weighted by atomic mass is 10.2. The molecule has 3 N–H and O–H groups in total. The summed E-state index contributed by atoms with van der Waals surface area (Å²) in [5.74, 6) is 0.103. The zero-order chi connectivity index (χ0) is 15.2. The summed E-state index contributed by atoms with van der Waals surface area (Å²) in [6, 6.07) is 12.9. The number of carbonyl (C=O) groups excluding carboxylic acids is 1. The molecule has 0 aliphatic rings. The highest BCUT2D eigenvalue weighted by atomic mass is 79.9. The van der Waals surface area contributed by atoms with E-state index in [9.17, 15) is 4.79 Å². The van der Waals surface area contributed by atoms with E-state index in [0.29, 0.717) is 17.3 Å². The van der Waals surface area contributed by atoms with Gasteiger partial charge >= 0.3 is 0 Å². The molecule has 0 saturated carbocycles. The molecule has 4 nitrogen and oxygen atoms in total. The number of carbonyl (C=O) groups is 1. The van der Waals surface area contributed by atoms with E-state index >= 15 is 0 Å². The zero-order valence-electron chi connectivity index (χ0n) is 11.1. The van der Waals surface area contributed by atoms with Crippen LogP contribution in [-0.2, 0) is 11.3 Å². The quantitative estimate of drug-likeness (QED) is 0.818. The van der Waals surface area contributed by atoms with Gasteiger partial charge in [-0.2, -0.15) is 0 Å². The van der Waals surface area contributed by atoms with Gasteiger partial charge in [0, 0.05) is 21.7 Å². The third-order valence-electron chi connectivity index (χ3n) is 2.73. The van der Waals surface area contributed by atoms with Gasteiger partial charge in [-0.3, -0.25) is 4.79 Å². The second kappa shape index (κ2) is 7.33. The van der Waals surface area contributed by atoms with E-state index in [0.717, 1.165) is 15.7 Å². The van der Waals surface area contributed by atoms with Gasteiger partial charge in [-0.05, 0) is 48.0 Å². The number of primary amides is 1. The third-order valence-corrected chi connectivity index (χ3v) is 3.73. The molecule has 0 saturated heterocycles. The number of nitrogens with two attached hydrogens (primary N) is 1. The molecule has 0 aliphatic heterocycles. The predicted molar refractivity (Wildman–Crippen MR) is 87.6 cm³/mol. The molecule has 21 heavy (non-hydrogen) atoms. The second-order valence-electron chi connectivity index (χ2n) is 4.37. The van der Waals surface area contributed by atoms with Crippen LogP contribution in [0.15, 0.2) is 46.9 Å². The summed E-state index contributed by atoms with van der Waals surface area (Å²) in [7, 11) is 0. The van der Waals surface area contributed by atoms with Crippen LogP contribution in [0.3, 0.4) is 0 Å². The molecule has 2 aromatic carbocycles. The minimum Gasteiger partial charge on any atom is -0.484 e. The monoisotopic (exact) mass is 368 g/mol. The molecule has 2 rings (SSSR count). The van der Waals surface area contributed by atoms with E-state index < -0.39 is 5.91 Å². The van der Waals surface area contributed by atoms with Crippen LogP contribution in [0.25, 0.3) is 0 Å². The Bertz CT molecular complexity index is 632. The van der Waals surface area contributed by atoms with Gasteiger partial charge in [-0.15, -0.1) is 0 Å². The van der Waals surface area contributed by atoms with Crippen LogP contribution in [0.2, 0.25) is 5.02 Å². The summed E-state index contributed by atoms with van der Waals surface area (Å²) in [5.41, 5.74) is 7.02. The van der Waals surface area contributed by atoms with Gasteiger partial charge in [0.2, 0.25) is 0 Å². The predicted octanol–water partition coefficient (Wildman–Crippen LogP) is 3.58. The van der Waals surface area contributed by atoms with E-state index in [1.807, 2.05) is 30.3 Å². The van der Waals surface area contributed by atoms with Crippen molar-refractivity contribution in [3.8, 4) is 5.75 Å². The number of halogens is 2. The molecule has 1 amide bonds. The molecule has 0 radical (unpaired) electrons. The number of ether oxygens (including phenoxy) is 1. The lowest BCUT2D eigenvalue weighted by Gasteiger charge is -2.10. The Morgan fingerprint density at radius 1 is 1.24 bits per heavy atom. The van der Waals surface area contributed by atoms with Crippen LogP contribution >= 0.6 is 27.5 Å². The molecule has 0 fully saturated rings. The summed E-state index contributed by atoms with van der Waals surface area (Å²) in [6.45, 7) is 0.519. The van der Waals surface area contributed by atoms with E-state index in [2.05, 4.69) is 21.2 Å². The number of anilines is 1. The number of nitrogens with one attached hydrogen (secondary N) is 1. The lowest BCUT2D eigenvalue weighted by Crippen LogP contribution is -2.19. The Labute approximate surface area is 136 Å². The van der Waals surface area contributed by atoms with Gasteiger partial charge in [0.05, 0.1) is 0 Å². The van der Waals surface area contributed by atoms with Gasteiger partial charge in [0.25, 0.3) is 5.91 Å². The molecule has 0 aromatic heterocycles. The fraction of sp³-hybridized carbons (Fsp3) is 0.133. The Kier molecular flexibility index (Phi) is 5.47. The molecule has 110 valence electrons. The number of benzene rings is 2. The minimum absolute atomic E-state index is 0.123. The average Bonchev–Trinajstić information content (AvgIpc) is 2.47. The fourth-order valence-corrected chi connectivity index (χ4v) is 2.28. The molecule has 0 heterocycles. The van der Waals surface area contributed by atoms with Crippen molar-refractivity contribution in [3.63, 3.8) is 0 Å². The number of rotatable bonds is 6. The Hall–Kier alpha value is -1.72. The van der Waals surface area contributed by atoms with Crippen molar-refractivity contribution >= 4 is 39.1 Å². The lowest BCUT2D eigenvalue weighted by molar-refractivity contribution is -0.119. The van der Waals surface area contributed by atoms with Crippen LogP contribution in [-0.4, -0.2) is 12.5 Å². The van der Waals surface area contributed by atoms with Crippen LogP contribution < -0.4 is 15.8 Å². The highest BCUT2D eigenvalue weighted by molar-refractivity contribution is 9.10. The second-order valence-corrected chi connectivity index (χ2v) is 5.66. The topological polar surface area (TPSA) is 64.4 Å². The van der Waals surface area contributed by atoms with Crippen molar-refractivity contribution in [2.45, 2.75) is 6.54 Å². The number of hydrogen-bond acceptors (Lipinski definition) is 3. The standard InChI is InChI=1S/C15H14BrClN2O2/c16-14-6-1-11(17)7-10(14)8-19-12-2-4-13(5-3-12)21-9-15(18)20/h1-7,19H,8-9H2,(H2,18,20). The first-order valence-electron chi connectivity index (χ1n) is 6.23. The summed E-state index contributed by atoms with van der Waals surface area (Å²) >= 11 is 9.46. The van der Waals surface area contributed by atoms with Crippen LogP contribution in [0.5, 0.6) is 5.75 Å². The fourth-order valence-electron chi connectivity index (χ4n) is 1.70. The van der Waals surface area contributed by atoms with Gasteiger partial charge in [-0.25, -0.2) is 0 Å². The molecule has 6 heteroatoms. The van der Waals surface area contributed by atoms with Gasteiger partial charge in [0.15, 0.2) is 6.61 Å². The van der Waals surface area contributed by atoms with Crippen molar-refractivity contribution in [3.05, 3.63) is 57.5 Å². The molecular weight excluding hydrogens is 356 g/mol. The maximum Gasteiger partial charge on any atom is 0.255 e. The minimum atomic E-state index is -0.497. The molecular formula is C15H14BrClN2O2. The van der Waals surface area contributed by atoms with E-state index in [-0.39, 0.29) is 6.61 Å². The van der Waals surface area contributed by atoms with E-state index in [1.54, 1.807) is 12.1 Å². The summed E-state index contributed by atoms with van der Waals surface area (Å²) in [6.07, 6.45) is 0. The zero-order valence-corrected chi connectivity index (χ0v) is 13.4. The normalized spacial score (nSPS) is 10.2. The molecule has 0 unspecified atom stereocenters. The summed E-state index contributed by atoms with van der Waals surface area (Å²) in [5, 5.41) is 3.98. The van der Waals surface area contributed by atoms with Crippen molar-refractivity contribution in [1.82, 2.24) is 0 Å². The summed E-state index contributed by atoms with van der Waals surface area (Å²) in [4.78, 5) is 10.6. The highest BCUT2D eigenvalue weighted by Crippen LogP contribution is 2.23. The number of hydrogen-bond donors (Lipinski definition) is 2.